The van der Waals surface area contributed by atoms with Crippen LogP contribution in [0.1, 0.15) is 37.7 Å². The summed E-state index contributed by atoms with van der Waals surface area (Å²) < 4.78 is 10.3. The quantitative estimate of drug-likeness (QED) is 0.659. The molecule has 0 aromatic heterocycles. The van der Waals surface area contributed by atoms with E-state index in [0.717, 1.165) is 29.8 Å². The Morgan fingerprint density at radius 2 is 1.96 bits per heavy atom. The van der Waals surface area contributed by atoms with Gasteiger partial charge >= 0.3 is 5.97 Å². The van der Waals surface area contributed by atoms with Crippen LogP contribution >= 0.6 is 0 Å². The second kappa shape index (κ2) is 7.66. The van der Waals surface area contributed by atoms with Crippen LogP contribution in [0.5, 0.6) is 0 Å². The van der Waals surface area contributed by atoms with Gasteiger partial charge < -0.3 is 14.8 Å². The largest absolute Gasteiger partial charge is 0.460 e. The van der Waals surface area contributed by atoms with Crippen LogP contribution in [0.2, 0.25) is 0 Å². The monoisotopic (exact) mass is 341 g/mol. The zero-order valence-electron chi connectivity index (χ0n) is 14.6. The zero-order valence-corrected chi connectivity index (χ0v) is 14.6. The molecular formula is C20H23NO4. The van der Waals surface area contributed by atoms with E-state index in [2.05, 4.69) is 5.32 Å². The Balaban J connectivity index is 2.02. The SMILES string of the molecule is COCCOC(=O)C1=C(C)NC2=C(C(=O)CCC2)[C@H]1c1ccccc1. The summed E-state index contributed by atoms with van der Waals surface area (Å²) >= 11 is 0. The first kappa shape index (κ1) is 17.4. The van der Waals surface area contributed by atoms with Crippen molar-refractivity contribution in [1.29, 1.82) is 0 Å². The summed E-state index contributed by atoms with van der Waals surface area (Å²) in [4.78, 5) is 25.4. The lowest BCUT2D eigenvalue weighted by atomic mass is 9.75. The molecule has 1 heterocycles. The molecule has 0 fully saturated rings. The Morgan fingerprint density at radius 1 is 1.20 bits per heavy atom. The minimum atomic E-state index is -0.402. The number of carbonyl (C=O) groups is 2. The number of ether oxygens (including phenoxy) is 2. The van der Waals surface area contributed by atoms with Crippen molar-refractivity contribution in [2.75, 3.05) is 20.3 Å². The number of rotatable bonds is 5. The molecule has 0 unspecified atom stereocenters. The van der Waals surface area contributed by atoms with E-state index in [1.807, 2.05) is 37.3 Å². The predicted molar refractivity (Wildman–Crippen MR) is 93.7 cm³/mol. The molecule has 1 aromatic rings. The third-order valence-electron chi connectivity index (χ3n) is 4.65. The molecule has 3 rings (SSSR count). The summed E-state index contributed by atoms with van der Waals surface area (Å²) in [7, 11) is 1.56. The van der Waals surface area contributed by atoms with Gasteiger partial charge in [0.2, 0.25) is 0 Å². The van der Waals surface area contributed by atoms with E-state index in [1.165, 1.54) is 0 Å². The van der Waals surface area contributed by atoms with Crippen molar-refractivity contribution in [2.45, 2.75) is 32.1 Å². The number of dihydropyridines is 1. The summed E-state index contributed by atoms with van der Waals surface area (Å²) in [5.41, 5.74) is 3.85. The van der Waals surface area contributed by atoms with Crippen LogP contribution in [-0.4, -0.2) is 32.1 Å². The fraction of sp³-hybridized carbons (Fsp3) is 0.400. The van der Waals surface area contributed by atoms with E-state index in [4.69, 9.17) is 9.47 Å². The first-order valence-electron chi connectivity index (χ1n) is 8.58. The van der Waals surface area contributed by atoms with Crippen molar-refractivity contribution in [3.63, 3.8) is 0 Å². The highest BCUT2D eigenvalue weighted by atomic mass is 16.6. The minimum Gasteiger partial charge on any atom is -0.460 e. The van der Waals surface area contributed by atoms with E-state index in [-0.39, 0.29) is 18.3 Å². The zero-order chi connectivity index (χ0) is 17.8. The third kappa shape index (κ3) is 3.51. The number of carbonyl (C=O) groups excluding carboxylic acids is 2. The van der Waals surface area contributed by atoms with Crippen LogP contribution in [0.25, 0.3) is 0 Å². The summed E-state index contributed by atoms with van der Waals surface area (Å²) in [6.45, 7) is 2.40. The first-order valence-corrected chi connectivity index (χ1v) is 8.58. The molecule has 1 N–H and O–H groups in total. The summed E-state index contributed by atoms with van der Waals surface area (Å²) in [6.07, 6.45) is 2.19. The average Bonchev–Trinajstić information content (AvgIpc) is 2.61. The number of Topliss-reactive ketones (excluding diaryl/α,β-unsaturated/α-hetero) is 1. The van der Waals surface area contributed by atoms with Crippen LogP contribution in [0.4, 0.5) is 0 Å². The number of hydrogen-bond donors (Lipinski definition) is 1. The molecule has 25 heavy (non-hydrogen) atoms. The molecule has 0 spiro atoms. The summed E-state index contributed by atoms with van der Waals surface area (Å²) in [5.74, 6) is -0.668. The lowest BCUT2D eigenvalue weighted by molar-refractivity contribution is -0.140. The van der Waals surface area contributed by atoms with E-state index in [9.17, 15) is 9.59 Å². The van der Waals surface area contributed by atoms with Gasteiger partial charge in [0, 0.05) is 36.4 Å². The van der Waals surface area contributed by atoms with Gasteiger partial charge in [-0.15, -0.1) is 0 Å². The molecular weight excluding hydrogens is 318 g/mol. The number of esters is 1. The molecule has 0 saturated carbocycles. The van der Waals surface area contributed by atoms with Gasteiger partial charge in [0.1, 0.15) is 6.61 Å². The Hall–Kier alpha value is -2.40. The molecule has 5 nitrogen and oxygen atoms in total. The summed E-state index contributed by atoms with van der Waals surface area (Å²) in [6, 6.07) is 9.69. The molecule has 0 amide bonds. The Labute approximate surface area is 147 Å². The van der Waals surface area contributed by atoms with E-state index in [0.29, 0.717) is 24.2 Å². The lowest BCUT2D eigenvalue weighted by Crippen LogP contribution is -2.34. The number of allylic oxidation sites excluding steroid dienone is 3. The topological polar surface area (TPSA) is 64.6 Å². The highest BCUT2D eigenvalue weighted by Crippen LogP contribution is 2.42. The molecule has 0 saturated heterocycles. The van der Waals surface area contributed by atoms with E-state index < -0.39 is 5.97 Å². The average molecular weight is 341 g/mol. The van der Waals surface area contributed by atoms with Gasteiger partial charge in [-0.05, 0) is 25.3 Å². The van der Waals surface area contributed by atoms with Crippen molar-refractivity contribution in [1.82, 2.24) is 5.32 Å². The van der Waals surface area contributed by atoms with Crippen molar-refractivity contribution in [2.24, 2.45) is 0 Å². The first-order chi connectivity index (χ1) is 12.1. The van der Waals surface area contributed by atoms with Crippen molar-refractivity contribution >= 4 is 11.8 Å². The molecule has 1 aliphatic carbocycles. The predicted octanol–water partition coefficient (Wildman–Crippen LogP) is 2.84. The number of hydrogen-bond acceptors (Lipinski definition) is 5. The standard InChI is InChI=1S/C20H23NO4/c1-13-17(20(23)25-12-11-24-2)18(14-7-4-3-5-8-14)19-15(21-13)9-6-10-16(19)22/h3-5,7-8,18,21H,6,9-12H2,1-2H3/t18-/m0/s1. The number of benzene rings is 1. The van der Waals surface area contributed by atoms with Gasteiger partial charge in [-0.2, -0.15) is 0 Å². The molecule has 0 radical (unpaired) electrons. The molecule has 132 valence electrons. The van der Waals surface area contributed by atoms with Gasteiger partial charge in [-0.25, -0.2) is 4.79 Å². The highest BCUT2D eigenvalue weighted by molar-refractivity contribution is 6.03. The molecule has 2 aliphatic rings. The maximum Gasteiger partial charge on any atom is 0.336 e. The van der Waals surface area contributed by atoms with Gasteiger partial charge in [0.15, 0.2) is 5.78 Å². The van der Waals surface area contributed by atoms with Crippen LogP contribution in [0, 0.1) is 0 Å². The Morgan fingerprint density at radius 3 is 2.68 bits per heavy atom. The molecule has 1 aliphatic heterocycles. The van der Waals surface area contributed by atoms with Crippen LogP contribution in [-0.2, 0) is 19.1 Å². The van der Waals surface area contributed by atoms with Crippen LogP contribution < -0.4 is 5.32 Å². The van der Waals surface area contributed by atoms with Gasteiger partial charge in [-0.1, -0.05) is 30.3 Å². The Kier molecular flexibility index (Phi) is 5.34. The smallest absolute Gasteiger partial charge is 0.336 e. The molecule has 1 atom stereocenters. The maximum atomic E-state index is 12.7. The van der Waals surface area contributed by atoms with Gasteiger partial charge in [-0.3, -0.25) is 4.79 Å². The van der Waals surface area contributed by atoms with Crippen molar-refractivity contribution in [3.8, 4) is 0 Å². The summed E-state index contributed by atoms with van der Waals surface area (Å²) in [5, 5.41) is 3.28. The number of ketones is 1. The second-order valence-electron chi connectivity index (χ2n) is 6.31. The van der Waals surface area contributed by atoms with Crippen molar-refractivity contribution in [3.05, 3.63) is 58.4 Å². The highest BCUT2D eigenvalue weighted by Gasteiger charge is 2.38. The number of nitrogens with one attached hydrogen (secondary N) is 1. The second-order valence-corrected chi connectivity index (χ2v) is 6.31. The third-order valence-corrected chi connectivity index (χ3v) is 4.65. The van der Waals surface area contributed by atoms with Gasteiger partial charge in [0.05, 0.1) is 12.2 Å². The van der Waals surface area contributed by atoms with E-state index >= 15 is 0 Å². The van der Waals surface area contributed by atoms with Gasteiger partial charge in [0.25, 0.3) is 0 Å². The van der Waals surface area contributed by atoms with Crippen molar-refractivity contribution < 1.29 is 19.1 Å². The fourth-order valence-corrected chi connectivity index (χ4v) is 3.53. The maximum absolute atomic E-state index is 12.7. The fourth-order valence-electron chi connectivity index (χ4n) is 3.53. The molecule has 0 bridgehead atoms. The normalized spacial score (nSPS) is 20.2. The number of methoxy groups -OCH3 is 1. The molecule has 1 aromatic carbocycles. The minimum absolute atomic E-state index is 0.109. The Bertz CT molecular complexity index is 733. The van der Waals surface area contributed by atoms with Crippen LogP contribution in [0.15, 0.2) is 52.9 Å². The van der Waals surface area contributed by atoms with E-state index in [1.54, 1.807) is 7.11 Å². The van der Waals surface area contributed by atoms with Crippen LogP contribution in [0.3, 0.4) is 0 Å². The molecule has 5 heteroatoms. The lowest BCUT2D eigenvalue weighted by Gasteiger charge is -2.34.